The van der Waals surface area contributed by atoms with Crippen molar-refractivity contribution in [3.05, 3.63) is 76.9 Å². The van der Waals surface area contributed by atoms with Crippen LogP contribution >= 0.6 is 0 Å². The Bertz CT molecular complexity index is 1350. The van der Waals surface area contributed by atoms with Crippen LogP contribution in [0.25, 0.3) is 17.2 Å². The molecule has 0 unspecified atom stereocenters. The molecular formula is C29H29NO6. The molecule has 1 amide bonds. The van der Waals surface area contributed by atoms with E-state index < -0.39 is 0 Å². The number of methoxy groups -OCH3 is 4. The summed E-state index contributed by atoms with van der Waals surface area (Å²) in [6, 6.07) is 16.6. The fourth-order valence-corrected chi connectivity index (χ4v) is 4.35. The van der Waals surface area contributed by atoms with Crippen molar-refractivity contribution in [1.29, 1.82) is 0 Å². The average Bonchev–Trinajstić information content (AvgIpc) is 3.14. The van der Waals surface area contributed by atoms with Gasteiger partial charge < -0.3 is 29.4 Å². The molecule has 36 heavy (non-hydrogen) atoms. The van der Waals surface area contributed by atoms with E-state index >= 15 is 0 Å². The summed E-state index contributed by atoms with van der Waals surface area (Å²) >= 11 is 0. The van der Waals surface area contributed by atoms with Crippen molar-refractivity contribution in [3.8, 4) is 28.7 Å². The number of allylic oxidation sites excluding steroid dienone is 2. The quantitative estimate of drug-likeness (QED) is 0.419. The van der Waals surface area contributed by atoms with Gasteiger partial charge in [0.15, 0.2) is 11.5 Å². The third-order valence-electron chi connectivity index (χ3n) is 6.20. The minimum absolute atomic E-state index is 0.0547. The second-order valence-electron chi connectivity index (χ2n) is 8.30. The summed E-state index contributed by atoms with van der Waals surface area (Å²) < 4.78 is 21.3. The van der Waals surface area contributed by atoms with Crippen molar-refractivity contribution in [2.45, 2.75) is 13.3 Å². The van der Waals surface area contributed by atoms with E-state index in [-0.39, 0.29) is 18.1 Å². The van der Waals surface area contributed by atoms with Crippen LogP contribution in [0.5, 0.6) is 28.7 Å². The van der Waals surface area contributed by atoms with Gasteiger partial charge in [0.1, 0.15) is 11.5 Å². The molecule has 0 fully saturated rings. The molecule has 7 nitrogen and oxygen atoms in total. The van der Waals surface area contributed by atoms with Crippen LogP contribution in [-0.2, 0) is 4.79 Å². The van der Waals surface area contributed by atoms with Crippen molar-refractivity contribution in [3.63, 3.8) is 0 Å². The highest BCUT2D eigenvalue weighted by atomic mass is 16.5. The smallest absolute Gasteiger partial charge is 0.228 e. The van der Waals surface area contributed by atoms with E-state index in [4.69, 9.17) is 18.9 Å². The van der Waals surface area contributed by atoms with Crippen LogP contribution in [-0.4, -0.2) is 39.5 Å². The van der Waals surface area contributed by atoms with E-state index in [1.807, 2.05) is 49.4 Å². The van der Waals surface area contributed by atoms with Crippen molar-refractivity contribution in [2.75, 3.05) is 33.8 Å². The molecule has 3 aromatic carbocycles. The van der Waals surface area contributed by atoms with Gasteiger partial charge in [-0.2, -0.15) is 0 Å². The highest BCUT2D eigenvalue weighted by Gasteiger charge is 2.26. The number of carbonyl (C=O) groups excluding carboxylic acids is 1. The predicted octanol–water partition coefficient (Wildman–Crippen LogP) is 5.78. The summed E-state index contributed by atoms with van der Waals surface area (Å²) in [5, 5.41) is 13.3. The second kappa shape index (κ2) is 10.5. The van der Waals surface area contributed by atoms with Gasteiger partial charge in [-0.05, 0) is 82.8 Å². The van der Waals surface area contributed by atoms with Gasteiger partial charge in [0.25, 0.3) is 0 Å². The molecule has 0 spiro atoms. The molecular weight excluding hydrogens is 458 g/mol. The summed E-state index contributed by atoms with van der Waals surface area (Å²) in [7, 11) is 6.19. The Morgan fingerprint density at radius 1 is 0.861 bits per heavy atom. The fourth-order valence-electron chi connectivity index (χ4n) is 4.35. The number of nitrogens with one attached hydrogen (secondary N) is 1. The fraction of sp³-hybridized carbons (Fsp3) is 0.207. The maximum atomic E-state index is 13.0. The Hall–Kier alpha value is -4.39. The largest absolute Gasteiger partial charge is 0.502 e. The highest BCUT2D eigenvalue weighted by molar-refractivity contribution is 6.10. The van der Waals surface area contributed by atoms with Crippen LogP contribution < -0.4 is 24.3 Å². The summed E-state index contributed by atoms with van der Waals surface area (Å²) in [4.78, 5) is 13.0. The van der Waals surface area contributed by atoms with Crippen LogP contribution in [0.1, 0.15) is 30.0 Å². The maximum Gasteiger partial charge on any atom is 0.228 e. The number of ether oxygens (including phenoxy) is 4. The van der Waals surface area contributed by atoms with Gasteiger partial charge in [0.05, 0.1) is 34.9 Å². The van der Waals surface area contributed by atoms with Crippen molar-refractivity contribution < 1.29 is 28.8 Å². The SMILES string of the molecule is COc1cccc(NC(=O)CC2=C(C)/C(=C/c3cc(OC)c(O)c(OC)c3)c3ccc(OC)cc32)c1. The number of anilines is 1. The molecule has 3 aromatic rings. The van der Waals surface area contributed by atoms with Crippen LogP contribution in [0.3, 0.4) is 0 Å². The molecule has 186 valence electrons. The molecule has 0 aliphatic heterocycles. The summed E-state index contributed by atoms with van der Waals surface area (Å²) in [6.07, 6.45) is 2.18. The number of aromatic hydroxyl groups is 1. The Morgan fingerprint density at radius 2 is 1.53 bits per heavy atom. The first-order chi connectivity index (χ1) is 17.4. The van der Waals surface area contributed by atoms with E-state index in [2.05, 4.69) is 5.32 Å². The van der Waals surface area contributed by atoms with Gasteiger partial charge in [-0.15, -0.1) is 0 Å². The molecule has 0 aromatic heterocycles. The number of amides is 1. The number of hydrogen-bond acceptors (Lipinski definition) is 6. The highest BCUT2D eigenvalue weighted by Crippen LogP contribution is 2.46. The standard InChI is InChI=1S/C29H29NO6/c1-17-23(11-18-12-26(35-4)29(32)27(13-18)36-5)22-10-9-21(34-3)15-25(22)24(17)16-28(31)30-19-7-6-8-20(14-19)33-2/h6-15,32H,16H2,1-5H3,(H,30,31)/b23-11-. The van der Waals surface area contributed by atoms with E-state index in [1.54, 1.807) is 32.4 Å². The lowest BCUT2D eigenvalue weighted by atomic mass is 10.00. The van der Waals surface area contributed by atoms with Crippen LogP contribution in [0, 0.1) is 0 Å². The normalized spacial score (nSPS) is 13.4. The second-order valence-corrected chi connectivity index (χ2v) is 8.30. The van der Waals surface area contributed by atoms with E-state index in [0.29, 0.717) is 28.7 Å². The van der Waals surface area contributed by atoms with Crippen LogP contribution in [0.2, 0.25) is 0 Å². The van der Waals surface area contributed by atoms with E-state index in [1.165, 1.54) is 14.2 Å². The number of phenolic OH excluding ortho intramolecular Hbond substituents is 1. The van der Waals surface area contributed by atoms with Gasteiger partial charge in [-0.3, -0.25) is 4.79 Å². The Morgan fingerprint density at radius 3 is 2.17 bits per heavy atom. The number of rotatable bonds is 8. The zero-order valence-corrected chi connectivity index (χ0v) is 21.0. The monoisotopic (exact) mass is 487 g/mol. The van der Waals surface area contributed by atoms with Gasteiger partial charge in [-0.25, -0.2) is 0 Å². The van der Waals surface area contributed by atoms with E-state index in [0.717, 1.165) is 33.4 Å². The first-order valence-corrected chi connectivity index (χ1v) is 11.4. The summed E-state index contributed by atoms with van der Waals surface area (Å²) in [6.45, 7) is 2.00. The van der Waals surface area contributed by atoms with Crippen molar-refractivity contribution in [2.24, 2.45) is 0 Å². The Kier molecular flexibility index (Phi) is 7.20. The lowest BCUT2D eigenvalue weighted by Crippen LogP contribution is -2.12. The molecule has 0 atom stereocenters. The molecule has 1 aliphatic rings. The van der Waals surface area contributed by atoms with Gasteiger partial charge >= 0.3 is 0 Å². The lowest BCUT2D eigenvalue weighted by Gasteiger charge is -2.11. The van der Waals surface area contributed by atoms with E-state index in [9.17, 15) is 9.90 Å². The third kappa shape index (κ3) is 4.86. The van der Waals surface area contributed by atoms with Gasteiger partial charge in [0, 0.05) is 11.8 Å². The number of fused-ring (bicyclic) bond motifs is 1. The maximum absolute atomic E-state index is 13.0. The Labute approximate surface area is 210 Å². The molecule has 0 saturated carbocycles. The summed E-state index contributed by atoms with van der Waals surface area (Å²) in [5.74, 6) is 1.81. The Balaban J connectivity index is 1.74. The summed E-state index contributed by atoms with van der Waals surface area (Å²) in [5.41, 5.74) is 6.24. The third-order valence-corrected chi connectivity index (χ3v) is 6.20. The first-order valence-electron chi connectivity index (χ1n) is 11.4. The lowest BCUT2D eigenvalue weighted by molar-refractivity contribution is -0.115. The minimum atomic E-state index is -0.138. The molecule has 7 heteroatoms. The predicted molar refractivity (Wildman–Crippen MR) is 141 cm³/mol. The topological polar surface area (TPSA) is 86.3 Å². The number of benzene rings is 3. The molecule has 0 bridgehead atoms. The number of carbonyl (C=O) groups is 1. The minimum Gasteiger partial charge on any atom is -0.502 e. The zero-order valence-electron chi connectivity index (χ0n) is 21.0. The molecule has 1 aliphatic carbocycles. The molecule has 0 saturated heterocycles. The molecule has 2 N–H and O–H groups in total. The van der Waals surface area contributed by atoms with Gasteiger partial charge in [-0.1, -0.05) is 12.1 Å². The number of hydrogen-bond donors (Lipinski definition) is 2. The molecule has 4 rings (SSSR count). The first kappa shape index (κ1) is 24.7. The average molecular weight is 488 g/mol. The number of phenols is 1. The van der Waals surface area contributed by atoms with Crippen LogP contribution in [0.15, 0.2) is 60.2 Å². The molecule has 0 radical (unpaired) electrons. The van der Waals surface area contributed by atoms with Crippen molar-refractivity contribution >= 4 is 28.8 Å². The molecule has 0 heterocycles. The van der Waals surface area contributed by atoms with Crippen molar-refractivity contribution in [1.82, 2.24) is 0 Å². The van der Waals surface area contributed by atoms with Gasteiger partial charge in [0.2, 0.25) is 11.7 Å². The van der Waals surface area contributed by atoms with Crippen LogP contribution in [0.4, 0.5) is 5.69 Å². The zero-order chi connectivity index (χ0) is 25.8.